The van der Waals surface area contributed by atoms with E-state index in [0.717, 1.165) is 17.6 Å². The molecule has 2 rings (SSSR count). The summed E-state index contributed by atoms with van der Waals surface area (Å²) in [4.78, 5) is 14.6. The molecule has 1 aliphatic rings. The second-order valence-electron chi connectivity index (χ2n) is 3.47. The van der Waals surface area contributed by atoms with Crippen LogP contribution in [0.15, 0.2) is 47.5 Å². The summed E-state index contributed by atoms with van der Waals surface area (Å²) in [5, 5.41) is 0. The summed E-state index contributed by atoms with van der Waals surface area (Å²) >= 11 is 0. The molecule has 0 fully saturated rings. The van der Waals surface area contributed by atoms with Crippen LogP contribution in [0.2, 0.25) is 0 Å². The molecule has 0 saturated heterocycles. The minimum atomic E-state index is -0.248. The molecular weight excluding hydrogens is 174 g/mol. The molecular formula is C12H11NO. The standard InChI is InChI=1S/C12H11NO/c1-12(8-5-9-14)11(13-12)10-6-3-2-4-7-10/h2-9H,1H3/b8-5+. The first-order chi connectivity index (χ1) is 6.76. The lowest BCUT2D eigenvalue weighted by Gasteiger charge is -2.00. The molecule has 1 unspecified atom stereocenters. The van der Waals surface area contributed by atoms with Crippen molar-refractivity contribution in [2.45, 2.75) is 12.5 Å². The molecule has 0 N–H and O–H groups in total. The zero-order chi connectivity index (χ0) is 10.0. The van der Waals surface area contributed by atoms with Crippen LogP contribution in [0.3, 0.4) is 0 Å². The van der Waals surface area contributed by atoms with Crippen LogP contribution < -0.4 is 0 Å². The molecule has 0 amide bonds. The van der Waals surface area contributed by atoms with Crippen LogP contribution in [-0.2, 0) is 4.79 Å². The Bertz CT molecular complexity index is 406. The molecule has 70 valence electrons. The topological polar surface area (TPSA) is 29.4 Å². The Morgan fingerprint density at radius 1 is 1.29 bits per heavy atom. The molecule has 0 aromatic heterocycles. The molecule has 1 aliphatic heterocycles. The summed E-state index contributed by atoms with van der Waals surface area (Å²) in [5.41, 5.74) is 1.93. The van der Waals surface area contributed by atoms with E-state index in [4.69, 9.17) is 0 Å². The fraction of sp³-hybridized carbons (Fsp3) is 0.167. The largest absolute Gasteiger partial charge is 0.299 e. The second-order valence-corrected chi connectivity index (χ2v) is 3.47. The molecule has 14 heavy (non-hydrogen) atoms. The number of rotatable bonds is 3. The van der Waals surface area contributed by atoms with E-state index in [-0.39, 0.29) is 5.54 Å². The van der Waals surface area contributed by atoms with Crippen molar-refractivity contribution in [2.24, 2.45) is 4.99 Å². The highest BCUT2D eigenvalue weighted by Gasteiger charge is 2.40. The highest BCUT2D eigenvalue weighted by atomic mass is 16.1. The van der Waals surface area contributed by atoms with E-state index in [0.29, 0.717) is 0 Å². The Morgan fingerprint density at radius 3 is 2.64 bits per heavy atom. The van der Waals surface area contributed by atoms with Gasteiger partial charge in [-0.05, 0) is 24.6 Å². The van der Waals surface area contributed by atoms with Crippen LogP contribution in [0, 0.1) is 0 Å². The van der Waals surface area contributed by atoms with Crippen LogP contribution >= 0.6 is 0 Å². The van der Waals surface area contributed by atoms with Gasteiger partial charge in [-0.25, -0.2) is 0 Å². The fourth-order valence-electron chi connectivity index (χ4n) is 1.50. The van der Waals surface area contributed by atoms with Gasteiger partial charge in [-0.1, -0.05) is 30.3 Å². The monoisotopic (exact) mass is 185 g/mol. The Labute approximate surface area is 83.0 Å². The third-order valence-electron chi connectivity index (χ3n) is 2.32. The molecule has 2 nitrogen and oxygen atoms in total. The number of allylic oxidation sites excluding steroid dienone is 1. The van der Waals surface area contributed by atoms with Crippen LogP contribution in [0.5, 0.6) is 0 Å². The zero-order valence-electron chi connectivity index (χ0n) is 7.97. The summed E-state index contributed by atoms with van der Waals surface area (Å²) in [6.07, 6.45) is 4.10. The highest BCUT2D eigenvalue weighted by Crippen LogP contribution is 2.33. The van der Waals surface area contributed by atoms with Gasteiger partial charge in [0.15, 0.2) is 0 Å². The maximum atomic E-state index is 10.2. The molecule has 1 aromatic carbocycles. The minimum absolute atomic E-state index is 0.248. The number of nitrogens with zero attached hydrogens (tertiary/aromatic N) is 1. The second kappa shape index (κ2) is 3.22. The number of carbonyl (C=O) groups is 1. The molecule has 0 spiro atoms. The number of benzene rings is 1. The van der Waals surface area contributed by atoms with Gasteiger partial charge in [-0.2, -0.15) is 0 Å². The SMILES string of the molecule is CC1(/C=C/C=O)N=C1c1ccccc1. The molecule has 0 saturated carbocycles. The summed E-state index contributed by atoms with van der Waals surface area (Å²) in [6.45, 7) is 2.00. The molecule has 2 heteroatoms. The van der Waals surface area contributed by atoms with Crippen LogP contribution in [-0.4, -0.2) is 17.5 Å². The molecule has 1 heterocycles. The van der Waals surface area contributed by atoms with Gasteiger partial charge in [0.05, 0.1) is 5.71 Å². The quantitative estimate of drug-likeness (QED) is 0.523. The Hall–Kier alpha value is -1.70. The molecule has 0 radical (unpaired) electrons. The molecule has 0 bridgehead atoms. The first-order valence-corrected chi connectivity index (χ1v) is 4.55. The van der Waals surface area contributed by atoms with Crippen LogP contribution in [0.4, 0.5) is 0 Å². The number of aldehydes is 1. The predicted octanol–water partition coefficient (Wildman–Crippen LogP) is 2.00. The van der Waals surface area contributed by atoms with Crippen LogP contribution in [0.1, 0.15) is 12.5 Å². The Balaban J connectivity index is 2.15. The van der Waals surface area contributed by atoms with E-state index in [1.54, 1.807) is 0 Å². The predicted molar refractivity (Wildman–Crippen MR) is 56.6 cm³/mol. The van der Waals surface area contributed by atoms with Crippen molar-refractivity contribution in [1.29, 1.82) is 0 Å². The van der Waals surface area contributed by atoms with Crippen molar-refractivity contribution in [3.8, 4) is 0 Å². The molecule has 1 atom stereocenters. The fourth-order valence-corrected chi connectivity index (χ4v) is 1.50. The maximum absolute atomic E-state index is 10.2. The lowest BCUT2D eigenvalue weighted by atomic mass is 10.00. The van der Waals surface area contributed by atoms with E-state index < -0.39 is 0 Å². The van der Waals surface area contributed by atoms with Gasteiger partial charge in [0.25, 0.3) is 0 Å². The van der Waals surface area contributed by atoms with Gasteiger partial charge in [-0.3, -0.25) is 9.79 Å². The first-order valence-electron chi connectivity index (χ1n) is 4.55. The summed E-state index contributed by atoms with van der Waals surface area (Å²) in [6, 6.07) is 10.0. The van der Waals surface area contributed by atoms with Gasteiger partial charge in [0, 0.05) is 0 Å². The Morgan fingerprint density at radius 2 is 2.00 bits per heavy atom. The van der Waals surface area contributed by atoms with Crippen molar-refractivity contribution in [1.82, 2.24) is 0 Å². The van der Waals surface area contributed by atoms with Crippen molar-refractivity contribution >= 4 is 12.0 Å². The number of carbonyl (C=O) groups excluding carboxylic acids is 1. The number of hydrogen-bond donors (Lipinski definition) is 0. The smallest absolute Gasteiger partial charge is 0.142 e. The summed E-state index contributed by atoms with van der Waals surface area (Å²) in [7, 11) is 0. The average molecular weight is 185 g/mol. The Kier molecular flexibility index (Phi) is 2.04. The lowest BCUT2D eigenvalue weighted by molar-refractivity contribution is -0.104. The maximum Gasteiger partial charge on any atom is 0.142 e. The molecule has 0 aliphatic carbocycles. The number of hydrogen-bond acceptors (Lipinski definition) is 2. The van der Waals surface area contributed by atoms with E-state index in [1.807, 2.05) is 43.3 Å². The lowest BCUT2D eigenvalue weighted by Crippen LogP contribution is -2.10. The van der Waals surface area contributed by atoms with E-state index in [2.05, 4.69) is 4.99 Å². The van der Waals surface area contributed by atoms with Crippen molar-refractivity contribution in [3.63, 3.8) is 0 Å². The van der Waals surface area contributed by atoms with Crippen LogP contribution in [0.25, 0.3) is 0 Å². The molecule has 1 aromatic rings. The average Bonchev–Trinajstić information content (AvgIpc) is 2.90. The van der Waals surface area contributed by atoms with Gasteiger partial charge < -0.3 is 0 Å². The normalized spacial score (nSPS) is 24.8. The minimum Gasteiger partial charge on any atom is -0.299 e. The van der Waals surface area contributed by atoms with Crippen molar-refractivity contribution in [3.05, 3.63) is 48.0 Å². The van der Waals surface area contributed by atoms with Gasteiger partial charge in [0.1, 0.15) is 11.8 Å². The van der Waals surface area contributed by atoms with E-state index in [9.17, 15) is 4.79 Å². The zero-order valence-corrected chi connectivity index (χ0v) is 7.97. The third kappa shape index (κ3) is 1.51. The first kappa shape index (κ1) is 8.88. The van der Waals surface area contributed by atoms with E-state index in [1.165, 1.54) is 6.08 Å². The summed E-state index contributed by atoms with van der Waals surface area (Å²) in [5.74, 6) is 0. The van der Waals surface area contributed by atoms with E-state index >= 15 is 0 Å². The summed E-state index contributed by atoms with van der Waals surface area (Å²) < 4.78 is 0. The van der Waals surface area contributed by atoms with Gasteiger partial charge >= 0.3 is 0 Å². The number of aliphatic imine (C=N–C) groups is 1. The van der Waals surface area contributed by atoms with Crippen molar-refractivity contribution in [2.75, 3.05) is 0 Å². The third-order valence-corrected chi connectivity index (χ3v) is 2.32. The van der Waals surface area contributed by atoms with Gasteiger partial charge in [-0.15, -0.1) is 0 Å². The van der Waals surface area contributed by atoms with Gasteiger partial charge in [0.2, 0.25) is 0 Å². The highest BCUT2D eigenvalue weighted by molar-refractivity contribution is 6.18. The van der Waals surface area contributed by atoms with Crippen molar-refractivity contribution < 1.29 is 4.79 Å².